The predicted octanol–water partition coefficient (Wildman–Crippen LogP) is 2.13. The van der Waals surface area contributed by atoms with Crippen molar-refractivity contribution in [3.05, 3.63) is 34.2 Å². The van der Waals surface area contributed by atoms with Gasteiger partial charge in [0, 0.05) is 36.3 Å². The van der Waals surface area contributed by atoms with E-state index in [0.29, 0.717) is 42.7 Å². The minimum absolute atomic E-state index is 0.291. The molecular weight excluding hydrogens is 446 g/mol. The average Bonchev–Trinajstić information content (AvgIpc) is 3.13. The van der Waals surface area contributed by atoms with E-state index in [4.69, 9.17) is 21.1 Å². The number of halogens is 1. The van der Waals surface area contributed by atoms with Crippen molar-refractivity contribution in [1.29, 1.82) is 0 Å². The normalized spacial score (nSPS) is 13.7. The summed E-state index contributed by atoms with van der Waals surface area (Å²) in [4.78, 5) is 51.5. The summed E-state index contributed by atoms with van der Waals surface area (Å²) in [7, 11) is 0. The monoisotopic (exact) mass is 467 g/mol. The molecule has 3 amide bonds. The minimum atomic E-state index is -0.732. The van der Waals surface area contributed by atoms with E-state index in [0.717, 1.165) is 10.1 Å². The third kappa shape index (κ3) is 5.65. The number of amides is 3. The van der Waals surface area contributed by atoms with E-state index in [1.165, 1.54) is 21.1 Å². The van der Waals surface area contributed by atoms with Gasteiger partial charge in [0.25, 0.3) is 11.8 Å². The number of benzene rings is 1. The van der Waals surface area contributed by atoms with Gasteiger partial charge in [0.2, 0.25) is 0 Å². The summed E-state index contributed by atoms with van der Waals surface area (Å²) in [6, 6.07) is 7.35. The number of thiophene rings is 1. The summed E-state index contributed by atoms with van der Waals surface area (Å²) in [5, 5.41) is 3.57. The molecule has 0 aliphatic carbocycles. The van der Waals surface area contributed by atoms with Gasteiger partial charge in [-0.1, -0.05) is 29.8 Å². The topological polar surface area (TPSA) is 105 Å². The molecule has 1 N–H and O–H groups in total. The maximum atomic E-state index is 12.3. The number of carbonyl (C=O) groups excluding carboxylic acids is 4. The van der Waals surface area contributed by atoms with Gasteiger partial charge in [0.05, 0.1) is 11.6 Å². The molecule has 0 spiro atoms. The molecule has 0 saturated carbocycles. The van der Waals surface area contributed by atoms with Crippen LogP contribution in [0.4, 0.5) is 4.79 Å². The number of ether oxygens (including phenoxy) is 2. The third-order valence-corrected chi connectivity index (χ3v) is 6.32. The first-order valence-corrected chi connectivity index (χ1v) is 10.9. The van der Waals surface area contributed by atoms with Crippen molar-refractivity contribution < 1.29 is 28.7 Å². The molecule has 3 rings (SSSR count). The van der Waals surface area contributed by atoms with Gasteiger partial charge in [-0.05, 0) is 13.0 Å². The molecule has 1 aromatic heterocycles. The number of hydrogen-bond donors (Lipinski definition) is 1. The molecule has 166 valence electrons. The predicted molar refractivity (Wildman–Crippen MR) is 115 cm³/mol. The standard InChI is InChI=1S/C20H22ClN3O6S/c1-2-29-20(28)24-9-7-23(8-10-24)15(25)12-30-16(26)11-22-19(27)18-17(21)13-5-3-4-6-14(13)31-18/h3-6H,2,7-12H2,1H3,(H,22,27). The molecule has 1 aromatic carbocycles. The Kier molecular flexibility index (Phi) is 7.69. The van der Waals surface area contributed by atoms with Crippen LogP contribution < -0.4 is 5.32 Å². The molecular formula is C20H22ClN3O6S. The van der Waals surface area contributed by atoms with Crippen LogP contribution in [-0.2, 0) is 19.1 Å². The fraction of sp³-hybridized carbons (Fsp3) is 0.400. The van der Waals surface area contributed by atoms with Crippen LogP contribution in [0.1, 0.15) is 16.6 Å². The lowest BCUT2D eigenvalue weighted by molar-refractivity contribution is -0.151. The van der Waals surface area contributed by atoms with Crippen LogP contribution in [0, 0.1) is 0 Å². The Balaban J connectivity index is 1.41. The van der Waals surface area contributed by atoms with E-state index >= 15 is 0 Å². The van der Waals surface area contributed by atoms with Crippen LogP contribution in [0.25, 0.3) is 10.1 Å². The zero-order valence-corrected chi connectivity index (χ0v) is 18.5. The number of nitrogens with one attached hydrogen (secondary N) is 1. The highest BCUT2D eigenvalue weighted by molar-refractivity contribution is 7.21. The summed E-state index contributed by atoms with van der Waals surface area (Å²) < 4.78 is 10.8. The molecule has 1 saturated heterocycles. The van der Waals surface area contributed by atoms with Gasteiger partial charge in [-0.2, -0.15) is 0 Å². The van der Waals surface area contributed by atoms with Crippen LogP contribution in [0.15, 0.2) is 24.3 Å². The molecule has 1 aliphatic heterocycles. The van der Waals surface area contributed by atoms with Crippen molar-refractivity contribution in [2.24, 2.45) is 0 Å². The van der Waals surface area contributed by atoms with E-state index in [2.05, 4.69) is 5.32 Å². The van der Waals surface area contributed by atoms with Gasteiger partial charge in [0.15, 0.2) is 6.61 Å². The van der Waals surface area contributed by atoms with Crippen molar-refractivity contribution in [3.8, 4) is 0 Å². The van der Waals surface area contributed by atoms with Crippen LogP contribution >= 0.6 is 22.9 Å². The zero-order chi connectivity index (χ0) is 22.4. The van der Waals surface area contributed by atoms with Gasteiger partial charge in [-0.15, -0.1) is 11.3 Å². The largest absolute Gasteiger partial charge is 0.454 e. The summed E-state index contributed by atoms with van der Waals surface area (Å²) in [6.07, 6.45) is -0.407. The highest BCUT2D eigenvalue weighted by Crippen LogP contribution is 2.34. The molecule has 9 nitrogen and oxygen atoms in total. The third-order valence-electron chi connectivity index (χ3n) is 4.65. The van der Waals surface area contributed by atoms with Crippen molar-refractivity contribution in [2.45, 2.75) is 6.92 Å². The maximum absolute atomic E-state index is 12.3. The Labute approximate surface area is 187 Å². The fourth-order valence-corrected chi connectivity index (χ4v) is 4.46. The fourth-order valence-electron chi connectivity index (χ4n) is 3.03. The van der Waals surface area contributed by atoms with E-state index in [-0.39, 0.29) is 12.5 Å². The second-order valence-corrected chi connectivity index (χ2v) is 8.08. The maximum Gasteiger partial charge on any atom is 0.409 e. The second-order valence-electron chi connectivity index (χ2n) is 6.65. The first kappa shape index (κ1) is 22.8. The van der Waals surface area contributed by atoms with Crippen LogP contribution in [0.3, 0.4) is 0 Å². The summed E-state index contributed by atoms with van der Waals surface area (Å²) in [5.41, 5.74) is 0. The smallest absolute Gasteiger partial charge is 0.409 e. The summed E-state index contributed by atoms with van der Waals surface area (Å²) in [6.45, 7) is 2.57. The number of carbonyl (C=O) groups is 4. The highest BCUT2D eigenvalue weighted by atomic mass is 35.5. The van der Waals surface area contributed by atoms with Crippen LogP contribution in [0.5, 0.6) is 0 Å². The van der Waals surface area contributed by atoms with Gasteiger partial charge >= 0.3 is 12.1 Å². The molecule has 31 heavy (non-hydrogen) atoms. The molecule has 0 radical (unpaired) electrons. The number of esters is 1. The van der Waals surface area contributed by atoms with Crippen molar-refractivity contribution >= 4 is 56.9 Å². The molecule has 0 unspecified atom stereocenters. The molecule has 1 fully saturated rings. The Morgan fingerprint density at radius 3 is 2.42 bits per heavy atom. The SMILES string of the molecule is CCOC(=O)N1CCN(C(=O)COC(=O)CNC(=O)c2sc3ccccc3c2Cl)CC1. The Hall–Kier alpha value is -2.85. The Morgan fingerprint density at radius 1 is 1.06 bits per heavy atom. The lowest BCUT2D eigenvalue weighted by Crippen LogP contribution is -2.51. The number of nitrogens with zero attached hydrogens (tertiary/aromatic N) is 2. The summed E-state index contributed by atoms with van der Waals surface area (Å²) >= 11 is 7.49. The first-order valence-electron chi connectivity index (χ1n) is 9.71. The molecule has 0 bridgehead atoms. The minimum Gasteiger partial charge on any atom is -0.454 e. The number of rotatable bonds is 6. The van der Waals surface area contributed by atoms with Crippen LogP contribution in [0.2, 0.25) is 5.02 Å². The lowest BCUT2D eigenvalue weighted by Gasteiger charge is -2.33. The van der Waals surface area contributed by atoms with Gasteiger partial charge in [-0.3, -0.25) is 14.4 Å². The molecule has 11 heteroatoms. The molecule has 2 aromatic rings. The Morgan fingerprint density at radius 2 is 1.74 bits per heavy atom. The lowest BCUT2D eigenvalue weighted by atomic mass is 10.2. The van der Waals surface area contributed by atoms with E-state index in [1.54, 1.807) is 6.92 Å². The number of hydrogen-bond acceptors (Lipinski definition) is 7. The van der Waals surface area contributed by atoms with E-state index in [1.807, 2.05) is 24.3 Å². The van der Waals surface area contributed by atoms with Crippen molar-refractivity contribution in [2.75, 3.05) is 45.9 Å². The summed E-state index contributed by atoms with van der Waals surface area (Å²) in [5.74, 6) is -1.58. The average molecular weight is 468 g/mol. The molecule has 2 heterocycles. The van der Waals surface area contributed by atoms with Gasteiger partial charge in [-0.25, -0.2) is 4.79 Å². The zero-order valence-electron chi connectivity index (χ0n) is 16.9. The first-order chi connectivity index (χ1) is 14.9. The van der Waals surface area contributed by atoms with Gasteiger partial charge in [0.1, 0.15) is 11.4 Å². The van der Waals surface area contributed by atoms with E-state index in [9.17, 15) is 19.2 Å². The quantitative estimate of drug-likeness (QED) is 0.652. The highest BCUT2D eigenvalue weighted by Gasteiger charge is 2.25. The van der Waals surface area contributed by atoms with Gasteiger partial charge < -0.3 is 24.6 Å². The number of fused-ring (bicyclic) bond motifs is 1. The number of piperazine rings is 1. The van der Waals surface area contributed by atoms with Crippen molar-refractivity contribution in [1.82, 2.24) is 15.1 Å². The molecule has 0 atom stereocenters. The van der Waals surface area contributed by atoms with Crippen molar-refractivity contribution in [3.63, 3.8) is 0 Å². The second kappa shape index (κ2) is 10.5. The van der Waals surface area contributed by atoms with Crippen LogP contribution in [-0.4, -0.2) is 79.6 Å². The van der Waals surface area contributed by atoms with E-state index < -0.39 is 24.6 Å². The Bertz CT molecular complexity index is 986. The molecule has 1 aliphatic rings.